The van der Waals surface area contributed by atoms with Crippen LogP contribution in [0.1, 0.15) is 0 Å². The Labute approximate surface area is 72.6 Å². The lowest BCUT2D eigenvalue weighted by Gasteiger charge is -1.88. The van der Waals surface area contributed by atoms with Gasteiger partial charge in [0.05, 0.1) is 6.20 Å². The van der Waals surface area contributed by atoms with Crippen molar-refractivity contribution in [2.75, 3.05) is 5.73 Å². The van der Waals surface area contributed by atoms with Gasteiger partial charge in [-0.2, -0.15) is 20.5 Å². The molecule has 7 heteroatoms. The highest BCUT2D eigenvalue weighted by atomic mass is 19.1. The number of nitrogens with one attached hydrogen (secondary N) is 1. The Kier molecular flexibility index (Phi) is 1.51. The summed E-state index contributed by atoms with van der Waals surface area (Å²) in [6.07, 6.45) is 1.38. The van der Waals surface area contributed by atoms with Gasteiger partial charge in [0.15, 0.2) is 17.3 Å². The summed E-state index contributed by atoms with van der Waals surface area (Å²) in [7, 11) is 1.56. The number of aromatic nitrogens is 5. The zero-order valence-electron chi connectivity index (χ0n) is 6.82. The second-order valence-electron chi connectivity index (χ2n) is 2.53. The number of aryl methyl sites for hydroxylation is 1. The third kappa shape index (κ3) is 1.05. The molecule has 13 heavy (non-hydrogen) atoms. The maximum absolute atomic E-state index is 13.3. The maximum atomic E-state index is 13.3. The highest BCUT2D eigenvalue weighted by molar-refractivity contribution is 5.58. The van der Waals surface area contributed by atoms with Crippen LogP contribution in [0.15, 0.2) is 6.20 Å². The average molecular weight is 182 g/mol. The molecule has 0 fully saturated rings. The average Bonchev–Trinajstić information content (AvgIpc) is 2.70. The van der Waals surface area contributed by atoms with E-state index in [0.717, 1.165) is 0 Å². The number of aromatic amines is 1. The van der Waals surface area contributed by atoms with Gasteiger partial charge in [0, 0.05) is 7.05 Å². The van der Waals surface area contributed by atoms with Crippen LogP contribution in [0.5, 0.6) is 0 Å². The smallest absolute Gasteiger partial charge is 0.194 e. The Morgan fingerprint density at radius 1 is 1.62 bits per heavy atom. The summed E-state index contributed by atoms with van der Waals surface area (Å²) in [6, 6.07) is 0. The van der Waals surface area contributed by atoms with E-state index in [1.54, 1.807) is 7.05 Å². The third-order valence-electron chi connectivity index (χ3n) is 1.69. The molecular formula is C6H7FN6. The van der Waals surface area contributed by atoms with Gasteiger partial charge in [0.25, 0.3) is 0 Å². The molecule has 2 aromatic heterocycles. The highest BCUT2D eigenvalue weighted by Gasteiger charge is 2.16. The molecule has 0 atom stereocenters. The van der Waals surface area contributed by atoms with Crippen molar-refractivity contribution in [3.63, 3.8) is 0 Å². The van der Waals surface area contributed by atoms with E-state index in [0.29, 0.717) is 5.69 Å². The number of anilines is 1. The van der Waals surface area contributed by atoms with Crippen LogP contribution in [0.25, 0.3) is 11.4 Å². The van der Waals surface area contributed by atoms with Gasteiger partial charge in [-0.3, -0.25) is 0 Å². The minimum atomic E-state index is -0.573. The van der Waals surface area contributed by atoms with Crippen molar-refractivity contribution in [2.24, 2.45) is 7.05 Å². The standard InChI is InChI=1S/C6H7FN6/c1-13-6(8)4(7)5(11-13)3-2-9-12-10-3/h2H,8H2,1H3,(H,9,10,12). The van der Waals surface area contributed by atoms with Crippen molar-refractivity contribution >= 4 is 5.82 Å². The Morgan fingerprint density at radius 3 is 2.85 bits per heavy atom. The normalized spacial score (nSPS) is 10.6. The number of nitrogens with two attached hydrogens (primary N) is 1. The lowest BCUT2D eigenvalue weighted by molar-refractivity contribution is 0.633. The molecule has 0 radical (unpaired) electrons. The van der Waals surface area contributed by atoms with Crippen molar-refractivity contribution in [1.82, 2.24) is 25.2 Å². The molecule has 0 aliphatic heterocycles. The molecule has 6 nitrogen and oxygen atoms in total. The molecule has 3 N–H and O–H groups in total. The summed E-state index contributed by atoms with van der Waals surface area (Å²) in [5.41, 5.74) is 5.82. The fourth-order valence-electron chi connectivity index (χ4n) is 0.991. The molecule has 2 rings (SSSR count). The second kappa shape index (κ2) is 2.54. The maximum Gasteiger partial charge on any atom is 0.194 e. The first-order chi connectivity index (χ1) is 6.20. The highest BCUT2D eigenvalue weighted by Crippen LogP contribution is 2.21. The van der Waals surface area contributed by atoms with Gasteiger partial charge in [0.1, 0.15) is 5.69 Å². The van der Waals surface area contributed by atoms with Crippen molar-refractivity contribution in [2.45, 2.75) is 0 Å². The number of rotatable bonds is 1. The minimum Gasteiger partial charge on any atom is -0.381 e. The van der Waals surface area contributed by atoms with E-state index in [-0.39, 0.29) is 11.5 Å². The first kappa shape index (κ1) is 7.71. The van der Waals surface area contributed by atoms with E-state index in [4.69, 9.17) is 5.73 Å². The van der Waals surface area contributed by atoms with E-state index < -0.39 is 5.82 Å². The molecule has 0 saturated heterocycles. The summed E-state index contributed by atoms with van der Waals surface area (Å²) >= 11 is 0. The predicted molar refractivity (Wildman–Crippen MR) is 43.0 cm³/mol. The van der Waals surface area contributed by atoms with Gasteiger partial charge in [-0.1, -0.05) is 0 Å². The van der Waals surface area contributed by atoms with Gasteiger partial charge in [-0.25, -0.2) is 9.07 Å². The number of H-pyrrole nitrogens is 1. The van der Waals surface area contributed by atoms with Gasteiger partial charge in [-0.05, 0) is 0 Å². The van der Waals surface area contributed by atoms with Gasteiger partial charge < -0.3 is 5.73 Å². The van der Waals surface area contributed by atoms with Crippen LogP contribution >= 0.6 is 0 Å². The summed E-state index contributed by atoms with van der Waals surface area (Å²) in [5.74, 6) is -0.589. The lowest BCUT2D eigenvalue weighted by atomic mass is 10.3. The van der Waals surface area contributed by atoms with Gasteiger partial charge >= 0.3 is 0 Å². The fraction of sp³-hybridized carbons (Fsp3) is 0.167. The quantitative estimate of drug-likeness (QED) is 0.646. The Bertz CT molecular complexity index is 417. The molecule has 2 aromatic rings. The second-order valence-corrected chi connectivity index (χ2v) is 2.53. The topological polar surface area (TPSA) is 85.4 Å². The van der Waals surface area contributed by atoms with Crippen molar-refractivity contribution in [1.29, 1.82) is 0 Å². The first-order valence-electron chi connectivity index (χ1n) is 3.54. The number of hydrogen-bond donors (Lipinski definition) is 2. The monoisotopic (exact) mass is 182 g/mol. The third-order valence-corrected chi connectivity index (χ3v) is 1.69. The Morgan fingerprint density at radius 2 is 2.38 bits per heavy atom. The summed E-state index contributed by atoms with van der Waals surface area (Å²) in [4.78, 5) is 0. The van der Waals surface area contributed by atoms with Gasteiger partial charge in [-0.15, -0.1) is 0 Å². The zero-order chi connectivity index (χ0) is 9.42. The fourth-order valence-corrected chi connectivity index (χ4v) is 0.991. The predicted octanol–water partition coefficient (Wildman–Crippen LogP) is -0.0735. The minimum absolute atomic E-state index is 0.0157. The molecule has 0 amide bonds. The molecule has 0 spiro atoms. The molecule has 0 unspecified atom stereocenters. The number of hydrogen-bond acceptors (Lipinski definition) is 4. The summed E-state index contributed by atoms with van der Waals surface area (Å²) in [6.45, 7) is 0. The van der Waals surface area contributed by atoms with Crippen molar-refractivity contribution < 1.29 is 4.39 Å². The molecular weight excluding hydrogens is 175 g/mol. The largest absolute Gasteiger partial charge is 0.381 e. The molecule has 0 saturated carbocycles. The molecule has 2 heterocycles. The summed E-state index contributed by atoms with van der Waals surface area (Å²) in [5, 5.41) is 13.5. The number of halogens is 1. The molecule has 0 aromatic carbocycles. The van der Waals surface area contributed by atoms with E-state index in [1.165, 1.54) is 10.9 Å². The molecule has 0 aliphatic rings. The number of nitrogens with zero attached hydrogens (tertiary/aromatic N) is 4. The zero-order valence-corrected chi connectivity index (χ0v) is 6.82. The van der Waals surface area contributed by atoms with E-state index in [9.17, 15) is 4.39 Å². The lowest BCUT2D eigenvalue weighted by Crippen LogP contribution is -1.97. The SMILES string of the molecule is Cn1nc(-c2cn[nH]n2)c(F)c1N. The first-order valence-corrected chi connectivity index (χ1v) is 3.54. The van der Waals surface area contributed by atoms with E-state index >= 15 is 0 Å². The van der Waals surface area contributed by atoms with Crippen LogP contribution < -0.4 is 5.73 Å². The number of nitrogen functional groups attached to an aromatic ring is 1. The molecule has 0 aliphatic carbocycles. The molecule has 0 bridgehead atoms. The van der Waals surface area contributed by atoms with Crippen LogP contribution in [0, 0.1) is 5.82 Å². The van der Waals surface area contributed by atoms with E-state index in [2.05, 4.69) is 20.5 Å². The van der Waals surface area contributed by atoms with E-state index in [1.807, 2.05) is 0 Å². The van der Waals surface area contributed by atoms with Crippen molar-refractivity contribution in [3.8, 4) is 11.4 Å². The molecule has 68 valence electrons. The van der Waals surface area contributed by atoms with Crippen LogP contribution in [0.4, 0.5) is 10.2 Å². The van der Waals surface area contributed by atoms with Crippen LogP contribution in [-0.4, -0.2) is 25.2 Å². The Balaban J connectivity index is 2.59. The van der Waals surface area contributed by atoms with Crippen molar-refractivity contribution in [3.05, 3.63) is 12.0 Å². The Hall–Kier alpha value is -1.92. The van der Waals surface area contributed by atoms with Crippen LogP contribution in [0.2, 0.25) is 0 Å². The van der Waals surface area contributed by atoms with Crippen LogP contribution in [0.3, 0.4) is 0 Å². The van der Waals surface area contributed by atoms with Gasteiger partial charge in [0.2, 0.25) is 0 Å². The van der Waals surface area contributed by atoms with Crippen LogP contribution in [-0.2, 0) is 7.05 Å². The summed E-state index contributed by atoms with van der Waals surface area (Å²) < 4.78 is 14.5.